The third-order valence-electron chi connectivity index (χ3n) is 5.08. The summed E-state index contributed by atoms with van der Waals surface area (Å²) in [5, 5.41) is 5.42. The van der Waals surface area contributed by atoms with E-state index in [0.717, 1.165) is 31.9 Å². The Morgan fingerprint density at radius 1 is 0.931 bits per heavy atom. The standard InChI is InChI=1S/C22H30N4O3/c1-17(2)15-23-21(27)22(28)24-16-19(20-9-6-14-29-20)26-12-10-25(11-13-26)18-7-4-3-5-8-18/h3-9,14,17,19H,10-13,15-16H2,1-2H3,(H,23,27)(H,24,28)/t19-/m0/s1. The Morgan fingerprint density at radius 2 is 1.59 bits per heavy atom. The maximum absolute atomic E-state index is 12.2. The molecule has 1 aliphatic rings. The van der Waals surface area contributed by atoms with Crippen molar-refractivity contribution in [3.05, 3.63) is 54.5 Å². The van der Waals surface area contributed by atoms with Crippen molar-refractivity contribution in [3.63, 3.8) is 0 Å². The Morgan fingerprint density at radius 3 is 2.17 bits per heavy atom. The van der Waals surface area contributed by atoms with Gasteiger partial charge in [0.25, 0.3) is 0 Å². The Hall–Kier alpha value is -2.80. The Bertz CT molecular complexity index is 769. The lowest BCUT2D eigenvalue weighted by molar-refractivity contribution is -0.139. The predicted octanol–water partition coefficient (Wildman–Crippen LogP) is 2.03. The number of carbonyl (C=O) groups is 2. The summed E-state index contributed by atoms with van der Waals surface area (Å²) >= 11 is 0. The van der Waals surface area contributed by atoms with E-state index >= 15 is 0 Å². The van der Waals surface area contributed by atoms with Gasteiger partial charge in [0.15, 0.2) is 0 Å². The average molecular weight is 399 g/mol. The third kappa shape index (κ3) is 5.84. The van der Waals surface area contributed by atoms with Crippen LogP contribution in [0, 0.1) is 5.92 Å². The minimum absolute atomic E-state index is 0.107. The molecule has 1 aromatic heterocycles. The molecule has 0 bridgehead atoms. The van der Waals surface area contributed by atoms with Gasteiger partial charge in [-0.25, -0.2) is 0 Å². The molecule has 0 unspecified atom stereocenters. The molecule has 0 aliphatic carbocycles. The molecule has 29 heavy (non-hydrogen) atoms. The van der Waals surface area contributed by atoms with Crippen molar-refractivity contribution in [2.75, 3.05) is 44.2 Å². The summed E-state index contributed by atoms with van der Waals surface area (Å²) < 4.78 is 5.62. The zero-order chi connectivity index (χ0) is 20.6. The fourth-order valence-electron chi connectivity index (χ4n) is 3.47. The molecule has 0 saturated carbocycles. The van der Waals surface area contributed by atoms with Gasteiger partial charge < -0.3 is 20.0 Å². The second-order valence-electron chi connectivity index (χ2n) is 7.70. The SMILES string of the molecule is CC(C)CNC(=O)C(=O)NC[C@@H](c1ccco1)N1CCN(c2ccccc2)CC1. The van der Waals surface area contributed by atoms with Crippen LogP contribution in [0.3, 0.4) is 0 Å². The molecule has 3 rings (SSSR count). The molecule has 0 radical (unpaired) electrons. The van der Waals surface area contributed by atoms with Crippen molar-refractivity contribution in [2.24, 2.45) is 5.92 Å². The minimum Gasteiger partial charge on any atom is -0.468 e. The van der Waals surface area contributed by atoms with E-state index < -0.39 is 11.8 Å². The largest absolute Gasteiger partial charge is 0.468 e. The first-order valence-electron chi connectivity index (χ1n) is 10.2. The second-order valence-corrected chi connectivity index (χ2v) is 7.70. The van der Waals surface area contributed by atoms with Gasteiger partial charge >= 0.3 is 11.8 Å². The van der Waals surface area contributed by atoms with Crippen molar-refractivity contribution in [1.29, 1.82) is 0 Å². The molecule has 1 atom stereocenters. The number of rotatable bonds is 7. The Labute approximate surface area is 172 Å². The van der Waals surface area contributed by atoms with E-state index in [2.05, 4.69) is 32.6 Å². The third-order valence-corrected chi connectivity index (χ3v) is 5.08. The number of para-hydroxylation sites is 1. The van der Waals surface area contributed by atoms with Crippen molar-refractivity contribution >= 4 is 17.5 Å². The van der Waals surface area contributed by atoms with Crippen LogP contribution in [0.4, 0.5) is 5.69 Å². The molecule has 0 spiro atoms. The highest BCUT2D eigenvalue weighted by Crippen LogP contribution is 2.24. The van der Waals surface area contributed by atoms with Gasteiger partial charge in [0.1, 0.15) is 5.76 Å². The summed E-state index contributed by atoms with van der Waals surface area (Å²) in [6.07, 6.45) is 1.64. The molecule has 2 aromatic rings. The minimum atomic E-state index is -0.606. The van der Waals surface area contributed by atoms with E-state index in [0.29, 0.717) is 19.0 Å². The van der Waals surface area contributed by atoms with Gasteiger partial charge in [-0.05, 0) is 30.2 Å². The van der Waals surface area contributed by atoms with Crippen LogP contribution < -0.4 is 15.5 Å². The predicted molar refractivity (Wildman–Crippen MR) is 113 cm³/mol. The van der Waals surface area contributed by atoms with E-state index in [1.807, 2.05) is 44.2 Å². The Kier molecular flexibility index (Phi) is 7.30. The molecule has 2 N–H and O–H groups in total. The van der Waals surface area contributed by atoms with Crippen molar-refractivity contribution in [3.8, 4) is 0 Å². The summed E-state index contributed by atoms with van der Waals surface area (Å²) in [6, 6.07) is 14.0. The van der Waals surface area contributed by atoms with E-state index in [9.17, 15) is 9.59 Å². The maximum atomic E-state index is 12.2. The molecular formula is C22H30N4O3. The highest BCUT2D eigenvalue weighted by atomic mass is 16.3. The zero-order valence-electron chi connectivity index (χ0n) is 17.1. The lowest BCUT2D eigenvalue weighted by Gasteiger charge is -2.39. The van der Waals surface area contributed by atoms with Crippen LogP contribution in [0.2, 0.25) is 0 Å². The molecule has 1 aromatic carbocycles. The van der Waals surface area contributed by atoms with Crippen LogP contribution in [0.1, 0.15) is 25.6 Å². The van der Waals surface area contributed by atoms with Crippen molar-refractivity contribution in [2.45, 2.75) is 19.9 Å². The van der Waals surface area contributed by atoms with Gasteiger partial charge in [-0.2, -0.15) is 0 Å². The van der Waals surface area contributed by atoms with Crippen LogP contribution in [-0.2, 0) is 9.59 Å². The molecule has 7 heteroatoms. The Balaban J connectivity index is 1.57. The molecule has 7 nitrogen and oxygen atoms in total. The van der Waals surface area contributed by atoms with Gasteiger partial charge in [-0.3, -0.25) is 14.5 Å². The fourth-order valence-corrected chi connectivity index (χ4v) is 3.47. The number of piperazine rings is 1. The van der Waals surface area contributed by atoms with Crippen LogP contribution >= 0.6 is 0 Å². The molecule has 1 aliphatic heterocycles. The second kappa shape index (κ2) is 10.1. The number of benzene rings is 1. The number of hydrogen-bond acceptors (Lipinski definition) is 5. The monoisotopic (exact) mass is 398 g/mol. The number of amides is 2. The number of nitrogens with one attached hydrogen (secondary N) is 2. The maximum Gasteiger partial charge on any atom is 0.309 e. The summed E-state index contributed by atoms with van der Waals surface area (Å²) in [5.41, 5.74) is 1.22. The van der Waals surface area contributed by atoms with Crippen molar-refractivity contribution < 1.29 is 14.0 Å². The van der Waals surface area contributed by atoms with Gasteiger partial charge in [-0.1, -0.05) is 32.0 Å². The lowest BCUT2D eigenvalue weighted by atomic mass is 10.1. The number of nitrogens with zero attached hydrogens (tertiary/aromatic N) is 2. The molecule has 1 fully saturated rings. The fraction of sp³-hybridized carbons (Fsp3) is 0.455. The molecule has 2 heterocycles. The topological polar surface area (TPSA) is 77.8 Å². The number of furan rings is 1. The number of hydrogen-bond donors (Lipinski definition) is 2. The smallest absolute Gasteiger partial charge is 0.309 e. The highest BCUT2D eigenvalue weighted by Gasteiger charge is 2.28. The molecular weight excluding hydrogens is 368 g/mol. The van der Waals surface area contributed by atoms with Crippen LogP contribution in [0.15, 0.2) is 53.1 Å². The summed E-state index contributed by atoms with van der Waals surface area (Å²) in [5.74, 6) is -0.111. The first-order valence-corrected chi connectivity index (χ1v) is 10.2. The van der Waals surface area contributed by atoms with Gasteiger partial charge in [0.05, 0.1) is 12.3 Å². The van der Waals surface area contributed by atoms with Gasteiger partial charge in [-0.15, -0.1) is 0 Å². The van der Waals surface area contributed by atoms with Gasteiger partial charge in [0, 0.05) is 45.0 Å². The van der Waals surface area contributed by atoms with Crippen LogP contribution in [0.25, 0.3) is 0 Å². The first-order chi connectivity index (χ1) is 14.0. The summed E-state index contributed by atoms with van der Waals surface area (Å²) in [6.45, 7) is 8.25. The molecule has 2 amide bonds. The van der Waals surface area contributed by atoms with E-state index in [-0.39, 0.29) is 6.04 Å². The van der Waals surface area contributed by atoms with E-state index in [1.165, 1.54) is 5.69 Å². The first kappa shape index (κ1) is 20.9. The van der Waals surface area contributed by atoms with Crippen LogP contribution in [-0.4, -0.2) is 56.0 Å². The summed E-state index contributed by atoms with van der Waals surface area (Å²) in [4.78, 5) is 28.8. The summed E-state index contributed by atoms with van der Waals surface area (Å²) in [7, 11) is 0. The zero-order valence-corrected chi connectivity index (χ0v) is 17.1. The normalized spacial score (nSPS) is 15.9. The van der Waals surface area contributed by atoms with E-state index in [1.54, 1.807) is 6.26 Å². The number of anilines is 1. The van der Waals surface area contributed by atoms with Gasteiger partial charge in [0.2, 0.25) is 0 Å². The highest BCUT2D eigenvalue weighted by molar-refractivity contribution is 6.35. The molecule has 1 saturated heterocycles. The molecule has 156 valence electrons. The average Bonchev–Trinajstić information content (AvgIpc) is 3.27. The lowest BCUT2D eigenvalue weighted by Crippen LogP contribution is -2.51. The quantitative estimate of drug-likeness (QED) is 0.698. The van der Waals surface area contributed by atoms with E-state index in [4.69, 9.17) is 4.42 Å². The van der Waals surface area contributed by atoms with Crippen molar-refractivity contribution in [1.82, 2.24) is 15.5 Å². The number of carbonyl (C=O) groups excluding carboxylic acids is 2. The van der Waals surface area contributed by atoms with Crippen LogP contribution in [0.5, 0.6) is 0 Å².